The molecule has 10 heteroatoms. The number of hydrogen-bond acceptors (Lipinski definition) is 5. The molecule has 8 nitrogen and oxygen atoms in total. The molecule has 0 bridgehead atoms. The summed E-state index contributed by atoms with van der Waals surface area (Å²) in [7, 11) is 1.49. The largest absolute Gasteiger partial charge is 0.490 e. The van der Waals surface area contributed by atoms with Gasteiger partial charge in [0.05, 0.1) is 17.3 Å². The van der Waals surface area contributed by atoms with Crippen molar-refractivity contribution in [2.75, 3.05) is 13.6 Å². The van der Waals surface area contributed by atoms with E-state index in [1.165, 1.54) is 30.3 Å². The van der Waals surface area contributed by atoms with E-state index in [0.717, 1.165) is 0 Å². The summed E-state index contributed by atoms with van der Waals surface area (Å²) in [6.45, 7) is 0.295. The quantitative estimate of drug-likeness (QED) is 0.766. The molecule has 0 radical (unpaired) electrons. The molecule has 2 unspecified atom stereocenters. The Labute approximate surface area is 170 Å². The van der Waals surface area contributed by atoms with E-state index in [1.54, 1.807) is 12.1 Å². The summed E-state index contributed by atoms with van der Waals surface area (Å²) in [5.74, 6) is -1.07. The highest BCUT2D eigenvalue weighted by atomic mass is 35.5. The van der Waals surface area contributed by atoms with Gasteiger partial charge in [-0.2, -0.15) is 0 Å². The Morgan fingerprint density at radius 3 is 2.79 bits per heavy atom. The first-order valence-electron chi connectivity index (χ1n) is 9.08. The van der Waals surface area contributed by atoms with Crippen LogP contribution in [0, 0.1) is 11.2 Å². The molecule has 2 fully saturated rings. The van der Waals surface area contributed by atoms with Crippen LogP contribution in [0.2, 0.25) is 5.02 Å². The number of rotatable bonds is 5. The summed E-state index contributed by atoms with van der Waals surface area (Å²) in [4.78, 5) is 25.5. The first kappa shape index (κ1) is 19.5. The molecule has 2 N–H and O–H groups in total. The van der Waals surface area contributed by atoms with E-state index in [0.29, 0.717) is 30.9 Å². The summed E-state index contributed by atoms with van der Waals surface area (Å²) >= 11 is 5.69. The molecule has 2 atom stereocenters. The molecular formula is C19H19ClFN3O5. The zero-order valence-corrected chi connectivity index (χ0v) is 16.2. The number of benzene rings is 1. The van der Waals surface area contributed by atoms with Crippen LogP contribution in [0.15, 0.2) is 35.0 Å². The van der Waals surface area contributed by atoms with Gasteiger partial charge in [0.25, 0.3) is 0 Å². The third-order valence-corrected chi connectivity index (χ3v) is 6.07. The SMILES string of the molecule is CNC(=O)C(c1ccno1)C1N(C(=O)O)CC12CC(Oc1ccc(Cl)c(F)c1)C2. The van der Waals surface area contributed by atoms with E-state index in [2.05, 4.69) is 10.5 Å². The lowest BCUT2D eigenvalue weighted by Crippen LogP contribution is -2.74. The van der Waals surface area contributed by atoms with Gasteiger partial charge in [0.2, 0.25) is 5.91 Å². The molecule has 1 spiro atoms. The zero-order chi connectivity index (χ0) is 20.8. The number of hydrogen-bond donors (Lipinski definition) is 2. The van der Waals surface area contributed by atoms with Gasteiger partial charge in [0.1, 0.15) is 23.6 Å². The van der Waals surface area contributed by atoms with Crippen LogP contribution in [0.1, 0.15) is 24.5 Å². The minimum Gasteiger partial charge on any atom is -0.490 e. The number of carbonyl (C=O) groups is 2. The van der Waals surface area contributed by atoms with Gasteiger partial charge in [0.15, 0.2) is 5.76 Å². The van der Waals surface area contributed by atoms with Crippen LogP contribution in [-0.2, 0) is 4.79 Å². The minimum absolute atomic E-state index is 0.0130. The molecule has 2 aliphatic rings. The third kappa shape index (κ3) is 3.29. The van der Waals surface area contributed by atoms with Gasteiger partial charge in [-0.05, 0) is 25.0 Å². The summed E-state index contributed by atoms with van der Waals surface area (Å²) in [6.07, 6.45) is 1.18. The number of halogens is 2. The highest BCUT2D eigenvalue weighted by Crippen LogP contribution is 2.58. The standard InChI is InChI=1S/C19H19ClFN3O5/c1-22-17(25)15(14-4-5-23-29-14)16-19(9-24(16)18(26)27)7-11(8-19)28-10-2-3-12(20)13(21)6-10/h2-6,11,15-16H,7-9H2,1H3,(H,22,25)(H,26,27). The highest BCUT2D eigenvalue weighted by Gasteiger charge is 2.65. The van der Waals surface area contributed by atoms with Crippen molar-refractivity contribution in [3.05, 3.63) is 47.1 Å². The van der Waals surface area contributed by atoms with Crippen LogP contribution < -0.4 is 10.1 Å². The number of ether oxygens (including phenoxy) is 1. The van der Waals surface area contributed by atoms with E-state index in [4.69, 9.17) is 20.9 Å². The second-order valence-electron chi connectivity index (χ2n) is 7.45. The van der Waals surface area contributed by atoms with Crippen molar-refractivity contribution in [2.24, 2.45) is 5.41 Å². The lowest BCUT2D eigenvalue weighted by Gasteiger charge is -2.64. The monoisotopic (exact) mass is 423 g/mol. The Kier molecular flexibility index (Phi) is 4.85. The Morgan fingerprint density at radius 1 is 1.45 bits per heavy atom. The molecule has 29 heavy (non-hydrogen) atoms. The molecule has 2 aromatic rings. The van der Waals surface area contributed by atoms with Gasteiger partial charge in [0, 0.05) is 31.1 Å². The molecule has 154 valence electrons. The summed E-state index contributed by atoms with van der Waals surface area (Å²) < 4.78 is 24.6. The average Bonchev–Trinajstić information content (AvgIpc) is 3.16. The molecule has 1 aromatic heterocycles. The lowest BCUT2D eigenvalue weighted by molar-refractivity contribution is -0.169. The van der Waals surface area contributed by atoms with Crippen molar-refractivity contribution < 1.29 is 28.3 Å². The highest BCUT2D eigenvalue weighted by molar-refractivity contribution is 6.30. The number of amides is 2. The van der Waals surface area contributed by atoms with Gasteiger partial charge in [-0.3, -0.25) is 4.79 Å². The van der Waals surface area contributed by atoms with Crippen LogP contribution in [0.3, 0.4) is 0 Å². The van der Waals surface area contributed by atoms with Gasteiger partial charge >= 0.3 is 6.09 Å². The van der Waals surface area contributed by atoms with Gasteiger partial charge in [-0.25, -0.2) is 9.18 Å². The smallest absolute Gasteiger partial charge is 0.407 e. The predicted molar refractivity (Wildman–Crippen MR) is 99.3 cm³/mol. The number of carbonyl (C=O) groups excluding carboxylic acids is 1. The summed E-state index contributed by atoms with van der Waals surface area (Å²) in [6, 6.07) is 5.19. The Morgan fingerprint density at radius 2 is 2.21 bits per heavy atom. The molecule has 1 saturated carbocycles. The zero-order valence-electron chi connectivity index (χ0n) is 15.5. The molecule has 1 aliphatic heterocycles. The maximum absolute atomic E-state index is 13.6. The molecule has 2 amide bonds. The number of carboxylic acid groups (broad SMARTS) is 1. The fourth-order valence-electron chi connectivity index (χ4n) is 4.48. The molecule has 1 aromatic carbocycles. The molecule has 2 heterocycles. The minimum atomic E-state index is -1.10. The maximum atomic E-state index is 13.6. The second-order valence-corrected chi connectivity index (χ2v) is 7.86. The lowest BCUT2D eigenvalue weighted by atomic mass is 9.53. The fraction of sp³-hybridized carbons (Fsp3) is 0.421. The number of likely N-dealkylation sites (tertiary alicyclic amines) is 1. The van der Waals surface area contributed by atoms with Crippen molar-refractivity contribution in [3.8, 4) is 5.75 Å². The van der Waals surface area contributed by atoms with Crippen molar-refractivity contribution in [1.82, 2.24) is 15.4 Å². The van der Waals surface area contributed by atoms with E-state index in [1.807, 2.05) is 0 Å². The summed E-state index contributed by atoms with van der Waals surface area (Å²) in [5, 5.41) is 15.8. The fourth-order valence-corrected chi connectivity index (χ4v) is 4.60. The Bertz CT molecular complexity index is 932. The first-order chi connectivity index (χ1) is 13.8. The topological polar surface area (TPSA) is 105 Å². The molecular weight excluding hydrogens is 405 g/mol. The molecule has 4 rings (SSSR count). The summed E-state index contributed by atoms with van der Waals surface area (Å²) in [5.41, 5.74) is -0.419. The number of nitrogens with zero attached hydrogens (tertiary/aromatic N) is 2. The molecule has 1 aliphatic carbocycles. The van der Waals surface area contributed by atoms with Crippen LogP contribution in [0.4, 0.5) is 9.18 Å². The Balaban J connectivity index is 1.53. The van der Waals surface area contributed by atoms with Crippen molar-refractivity contribution >= 4 is 23.6 Å². The van der Waals surface area contributed by atoms with Gasteiger partial charge in [-0.15, -0.1) is 0 Å². The van der Waals surface area contributed by atoms with Crippen LogP contribution in [-0.4, -0.2) is 52.9 Å². The van der Waals surface area contributed by atoms with Crippen LogP contribution >= 0.6 is 11.6 Å². The van der Waals surface area contributed by atoms with E-state index in [9.17, 15) is 19.1 Å². The van der Waals surface area contributed by atoms with Crippen molar-refractivity contribution in [2.45, 2.75) is 30.9 Å². The van der Waals surface area contributed by atoms with E-state index in [-0.39, 0.29) is 17.0 Å². The number of nitrogens with one attached hydrogen (secondary N) is 1. The Hall–Kier alpha value is -2.81. The second kappa shape index (κ2) is 7.22. The van der Waals surface area contributed by atoms with Crippen LogP contribution in [0.25, 0.3) is 0 Å². The van der Waals surface area contributed by atoms with E-state index >= 15 is 0 Å². The van der Waals surface area contributed by atoms with Crippen molar-refractivity contribution in [3.63, 3.8) is 0 Å². The van der Waals surface area contributed by atoms with Gasteiger partial charge < -0.3 is 24.6 Å². The molecule has 1 saturated heterocycles. The first-order valence-corrected chi connectivity index (χ1v) is 9.46. The van der Waals surface area contributed by atoms with Gasteiger partial charge in [-0.1, -0.05) is 16.8 Å². The third-order valence-electron chi connectivity index (χ3n) is 5.77. The average molecular weight is 424 g/mol. The van der Waals surface area contributed by atoms with Crippen LogP contribution in [0.5, 0.6) is 5.75 Å². The normalized spacial score (nSPS) is 26.4. The number of likely N-dealkylation sites (N-methyl/N-ethyl adjacent to an activating group) is 1. The number of aromatic nitrogens is 1. The maximum Gasteiger partial charge on any atom is 0.407 e. The predicted octanol–water partition coefficient (Wildman–Crippen LogP) is 2.89. The van der Waals surface area contributed by atoms with Crippen molar-refractivity contribution in [1.29, 1.82) is 0 Å². The van der Waals surface area contributed by atoms with E-state index < -0.39 is 29.3 Å².